The van der Waals surface area contributed by atoms with Gasteiger partial charge in [-0.05, 0) is 30.2 Å². The van der Waals surface area contributed by atoms with Gasteiger partial charge in [0, 0.05) is 18.0 Å². The lowest BCUT2D eigenvalue weighted by Gasteiger charge is -2.42. The molecule has 0 atom stereocenters. The van der Waals surface area contributed by atoms with Gasteiger partial charge in [0.05, 0.1) is 11.4 Å². The molecular weight excluding hydrogens is 272 g/mol. The van der Waals surface area contributed by atoms with Gasteiger partial charge in [-0.1, -0.05) is 44.7 Å². The first-order valence-corrected chi connectivity index (χ1v) is 7.62. The monoisotopic (exact) mass is 294 g/mol. The average Bonchev–Trinajstić information content (AvgIpc) is 2.47. The molecular formula is C19H22N2O. The number of benzene rings is 2. The Kier molecular flexibility index (Phi) is 3.36. The molecule has 2 aromatic carbocycles. The Morgan fingerprint density at radius 2 is 1.82 bits per heavy atom. The van der Waals surface area contributed by atoms with E-state index in [9.17, 15) is 5.11 Å². The van der Waals surface area contributed by atoms with Crippen molar-refractivity contribution in [1.82, 2.24) is 5.32 Å². The van der Waals surface area contributed by atoms with Crippen LogP contribution in [0.2, 0.25) is 0 Å². The lowest BCUT2D eigenvalue weighted by Crippen LogP contribution is -2.36. The van der Waals surface area contributed by atoms with Crippen LogP contribution in [0.1, 0.15) is 31.9 Å². The SMILES string of the molecule is C=C(NCC)N1c2ccccc2C(C)(C)c2ccc(O)cc21. The molecule has 0 saturated heterocycles. The van der Waals surface area contributed by atoms with Crippen LogP contribution < -0.4 is 10.2 Å². The van der Waals surface area contributed by atoms with E-state index in [0.29, 0.717) is 0 Å². The second-order valence-corrected chi connectivity index (χ2v) is 6.16. The minimum Gasteiger partial charge on any atom is -0.508 e. The Bertz CT molecular complexity index is 734. The zero-order chi connectivity index (χ0) is 15.9. The summed E-state index contributed by atoms with van der Waals surface area (Å²) in [6.45, 7) is 11.5. The lowest BCUT2D eigenvalue weighted by atomic mass is 9.73. The summed E-state index contributed by atoms with van der Waals surface area (Å²) in [6.07, 6.45) is 0. The van der Waals surface area contributed by atoms with E-state index in [1.165, 1.54) is 11.1 Å². The maximum atomic E-state index is 9.96. The predicted molar refractivity (Wildman–Crippen MR) is 91.6 cm³/mol. The zero-order valence-corrected chi connectivity index (χ0v) is 13.4. The number of phenolic OH excluding ortho intramolecular Hbond substituents is 1. The summed E-state index contributed by atoms with van der Waals surface area (Å²) in [5.74, 6) is 1.08. The van der Waals surface area contributed by atoms with Crippen LogP contribution >= 0.6 is 0 Å². The van der Waals surface area contributed by atoms with E-state index in [-0.39, 0.29) is 11.2 Å². The van der Waals surface area contributed by atoms with Crippen LogP contribution in [0.15, 0.2) is 54.9 Å². The predicted octanol–water partition coefficient (Wildman–Crippen LogP) is 4.25. The molecule has 0 radical (unpaired) electrons. The summed E-state index contributed by atoms with van der Waals surface area (Å²) in [5.41, 5.74) is 4.41. The van der Waals surface area contributed by atoms with Gasteiger partial charge in [-0.25, -0.2) is 0 Å². The summed E-state index contributed by atoms with van der Waals surface area (Å²) in [4.78, 5) is 2.10. The van der Waals surface area contributed by atoms with E-state index in [1.54, 1.807) is 6.07 Å². The quantitative estimate of drug-likeness (QED) is 0.888. The molecule has 0 aromatic heterocycles. The molecule has 3 heteroatoms. The summed E-state index contributed by atoms with van der Waals surface area (Å²) < 4.78 is 0. The van der Waals surface area contributed by atoms with Crippen molar-refractivity contribution in [2.75, 3.05) is 11.4 Å². The summed E-state index contributed by atoms with van der Waals surface area (Å²) in [7, 11) is 0. The van der Waals surface area contributed by atoms with E-state index in [0.717, 1.165) is 23.7 Å². The summed E-state index contributed by atoms with van der Waals surface area (Å²) in [6, 6.07) is 13.9. The van der Waals surface area contributed by atoms with Crippen LogP contribution in [0, 0.1) is 0 Å². The first kappa shape index (κ1) is 14.5. The maximum absolute atomic E-state index is 9.96. The third kappa shape index (κ3) is 2.05. The van der Waals surface area contributed by atoms with Gasteiger partial charge in [0.2, 0.25) is 0 Å². The number of nitrogens with one attached hydrogen (secondary N) is 1. The Balaban J connectivity index is 2.28. The standard InChI is InChI=1S/C19H22N2O/c1-5-20-13(2)21-17-9-7-6-8-15(17)19(3,4)16-11-10-14(22)12-18(16)21/h6-12,20,22H,2,5H2,1,3-4H3. The molecule has 0 amide bonds. The van der Waals surface area contributed by atoms with Crippen LogP contribution in [0.25, 0.3) is 0 Å². The summed E-state index contributed by atoms with van der Waals surface area (Å²) in [5, 5.41) is 13.3. The van der Waals surface area contributed by atoms with Gasteiger partial charge >= 0.3 is 0 Å². The molecule has 0 bridgehead atoms. The molecule has 2 aromatic rings. The molecule has 3 nitrogen and oxygen atoms in total. The largest absolute Gasteiger partial charge is 0.508 e. The van der Waals surface area contributed by atoms with Crippen molar-refractivity contribution in [1.29, 1.82) is 0 Å². The molecule has 1 heterocycles. The molecule has 3 rings (SSSR count). The highest BCUT2D eigenvalue weighted by molar-refractivity contribution is 5.81. The van der Waals surface area contributed by atoms with Crippen LogP contribution in [-0.4, -0.2) is 11.7 Å². The lowest BCUT2D eigenvalue weighted by molar-refractivity contribution is 0.474. The smallest absolute Gasteiger partial charge is 0.117 e. The number of hydrogen-bond donors (Lipinski definition) is 2. The van der Waals surface area contributed by atoms with Gasteiger partial charge in [0.25, 0.3) is 0 Å². The number of rotatable bonds is 3. The normalized spacial score (nSPS) is 15.0. The number of hydrogen-bond acceptors (Lipinski definition) is 3. The van der Waals surface area contributed by atoms with Crippen LogP contribution in [0.4, 0.5) is 11.4 Å². The highest BCUT2D eigenvalue weighted by atomic mass is 16.3. The van der Waals surface area contributed by atoms with Gasteiger partial charge in [-0.15, -0.1) is 0 Å². The van der Waals surface area contributed by atoms with Gasteiger partial charge in [0.15, 0.2) is 0 Å². The number of fused-ring (bicyclic) bond motifs is 2. The minimum absolute atomic E-state index is 0.122. The van der Waals surface area contributed by atoms with Gasteiger partial charge in [0.1, 0.15) is 11.6 Å². The second kappa shape index (κ2) is 5.09. The topological polar surface area (TPSA) is 35.5 Å². The third-order valence-corrected chi connectivity index (χ3v) is 4.36. The molecule has 0 fully saturated rings. The Hall–Kier alpha value is -2.42. The molecule has 22 heavy (non-hydrogen) atoms. The summed E-state index contributed by atoms with van der Waals surface area (Å²) >= 11 is 0. The van der Waals surface area contributed by atoms with Gasteiger partial charge in [-0.3, -0.25) is 4.90 Å². The Labute approximate surface area is 131 Å². The van der Waals surface area contributed by atoms with Crippen LogP contribution in [0.3, 0.4) is 0 Å². The van der Waals surface area contributed by atoms with Crippen molar-refractivity contribution in [2.45, 2.75) is 26.2 Å². The highest BCUT2D eigenvalue weighted by Crippen LogP contribution is 2.50. The molecule has 1 aliphatic heterocycles. The van der Waals surface area contributed by atoms with Crippen molar-refractivity contribution >= 4 is 11.4 Å². The van der Waals surface area contributed by atoms with E-state index >= 15 is 0 Å². The number of para-hydroxylation sites is 1. The van der Waals surface area contributed by atoms with Crippen LogP contribution in [-0.2, 0) is 5.41 Å². The van der Waals surface area contributed by atoms with Gasteiger partial charge < -0.3 is 10.4 Å². The van der Waals surface area contributed by atoms with Crippen molar-refractivity contribution in [2.24, 2.45) is 0 Å². The maximum Gasteiger partial charge on any atom is 0.117 e. The molecule has 2 N–H and O–H groups in total. The Morgan fingerprint density at radius 3 is 2.55 bits per heavy atom. The molecule has 0 unspecified atom stereocenters. The third-order valence-electron chi connectivity index (χ3n) is 4.36. The first-order valence-electron chi connectivity index (χ1n) is 7.62. The number of anilines is 2. The van der Waals surface area contributed by atoms with Crippen molar-refractivity contribution < 1.29 is 5.11 Å². The van der Waals surface area contributed by atoms with E-state index in [1.807, 2.05) is 25.1 Å². The fraction of sp³-hybridized carbons (Fsp3) is 0.263. The van der Waals surface area contributed by atoms with Crippen molar-refractivity contribution in [3.05, 3.63) is 66.0 Å². The molecule has 114 valence electrons. The molecule has 0 spiro atoms. The van der Waals surface area contributed by atoms with Crippen LogP contribution in [0.5, 0.6) is 5.75 Å². The van der Waals surface area contributed by atoms with E-state index in [4.69, 9.17) is 0 Å². The van der Waals surface area contributed by atoms with Crippen molar-refractivity contribution in [3.8, 4) is 5.75 Å². The number of nitrogens with zero attached hydrogens (tertiary/aromatic N) is 1. The molecule has 0 aliphatic carbocycles. The minimum atomic E-state index is -0.122. The second-order valence-electron chi connectivity index (χ2n) is 6.16. The van der Waals surface area contributed by atoms with Crippen molar-refractivity contribution in [3.63, 3.8) is 0 Å². The fourth-order valence-electron chi connectivity index (χ4n) is 3.28. The zero-order valence-electron chi connectivity index (χ0n) is 13.4. The number of phenols is 1. The Morgan fingerprint density at radius 1 is 1.14 bits per heavy atom. The van der Waals surface area contributed by atoms with E-state index in [2.05, 4.69) is 48.8 Å². The molecule has 1 aliphatic rings. The number of aromatic hydroxyl groups is 1. The average molecular weight is 294 g/mol. The van der Waals surface area contributed by atoms with E-state index < -0.39 is 0 Å². The fourth-order valence-corrected chi connectivity index (χ4v) is 3.28. The van der Waals surface area contributed by atoms with Gasteiger partial charge in [-0.2, -0.15) is 0 Å². The molecule has 0 saturated carbocycles. The highest BCUT2D eigenvalue weighted by Gasteiger charge is 2.36. The first-order chi connectivity index (χ1) is 10.5.